The van der Waals surface area contributed by atoms with Crippen molar-refractivity contribution in [2.24, 2.45) is 5.92 Å². The summed E-state index contributed by atoms with van der Waals surface area (Å²) in [6, 6.07) is 3.51. The third-order valence-corrected chi connectivity index (χ3v) is 5.89. The number of hydrogen-bond donors (Lipinski definition) is 2. The van der Waals surface area contributed by atoms with E-state index in [-0.39, 0.29) is 17.9 Å². The second-order valence-electron chi connectivity index (χ2n) is 8.16. The minimum atomic E-state index is -0.151. The molecule has 0 aliphatic heterocycles. The molecule has 3 rings (SSSR count). The molecule has 1 atom stereocenters. The molecule has 164 valence electrons. The predicted molar refractivity (Wildman–Crippen MR) is 115 cm³/mol. The van der Waals surface area contributed by atoms with Crippen LogP contribution in [-0.2, 0) is 13.1 Å². The van der Waals surface area contributed by atoms with Crippen molar-refractivity contribution in [2.45, 2.75) is 78.9 Å². The zero-order valence-electron chi connectivity index (χ0n) is 18.6. The van der Waals surface area contributed by atoms with Gasteiger partial charge in [0.05, 0.1) is 11.4 Å². The summed E-state index contributed by atoms with van der Waals surface area (Å²) in [5.41, 5.74) is 2.78. The molecule has 0 saturated heterocycles. The first kappa shape index (κ1) is 22.1. The summed E-state index contributed by atoms with van der Waals surface area (Å²) in [6.07, 6.45) is 5.70. The number of hydrogen-bond acceptors (Lipinski definition) is 4. The zero-order valence-corrected chi connectivity index (χ0v) is 18.6. The molecular weight excluding hydrogens is 380 g/mol. The van der Waals surface area contributed by atoms with Crippen molar-refractivity contribution in [1.82, 2.24) is 30.2 Å². The van der Waals surface area contributed by atoms with Gasteiger partial charge in [-0.25, -0.2) is 0 Å². The van der Waals surface area contributed by atoms with E-state index < -0.39 is 0 Å². The van der Waals surface area contributed by atoms with Gasteiger partial charge in [0.25, 0.3) is 11.8 Å². The summed E-state index contributed by atoms with van der Waals surface area (Å²) in [5.74, 6) is 0.0820. The molecule has 1 aliphatic carbocycles. The highest BCUT2D eigenvalue weighted by Crippen LogP contribution is 2.26. The Hall–Kier alpha value is -2.64. The average molecular weight is 415 g/mol. The van der Waals surface area contributed by atoms with E-state index in [2.05, 4.69) is 20.8 Å². The van der Waals surface area contributed by atoms with Gasteiger partial charge in [-0.05, 0) is 58.6 Å². The maximum atomic E-state index is 13.0. The molecular formula is C22H34N6O2. The summed E-state index contributed by atoms with van der Waals surface area (Å²) >= 11 is 0. The Bertz CT molecular complexity index is 878. The lowest BCUT2D eigenvalue weighted by Gasteiger charge is -2.31. The van der Waals surface area contributed by atoms with Crippen molar-refractivity contribution in [3.63, 3.8) is 0 Å². The first-order chi connectivity index (χ1) is 14.4. The topological polar surface area (TPSA) is 93.8 Å². The van der Waals surface area contributed by atoms with E-state index in [0.29, 0.717) is 36.9 Å². The Balaban J connectivity index is 1.72. The lowest BCUT2D eigenvalue weighted by Crippen LogP contribution is -2.49. The number of rotatable bonds is 8. The number of carbonyl (C=O) groups excluding carboxylic acids is 2. The second kappa shape index (κ2) is 9.91. The third kappa shape index (κ3) is 5.09. The smallest absolute Gasteiger partial charge is 0.269 e. The van der Waals surface area contributed by atoms with Crippen LogP contribution in [-0.4, -0.2) is 44.0 Å². The maximum absolute atomic E-state index is 13.0. The first-order valence-corrected chi connectivity index (χ1v) is 11.1. The van der Waals surface area contributed by atoms with Crippen molar-refractivity contribution in [2.75, 3.05) is 6.54 Å². The second-order valence-corrected chi connectivity index (χ2v) is 8.16. The molecule has 0 radical (unpaired) electrons. The van der Waals surface area contributed by atoms with Gasteiger partial charge in [-0.2, -0.15) is 10.2 Å². The van der Waals surface area contributed by atoms with Crippen LogP contribution >= 0.6 is 0 Å². The number of aromatic nitrogens is 4. The summed E-state index contributed by atoms with van der Waals surface area (Å²) in [5, 5.41) is 15.0. The molecule has 1 saturated carbocycles. The normalized spacial score (nSPS) is 15.7. The molecule has 2 aromatic rings. The van der Waals surface area contributed by atoms with Gasteiger partial charge in [-0.15, -0.1) is 0 Å². The highest BCUT2D eigenvalue weighted by atomic mass is 16.2. The third-order valence-electron chi connectivity index (χ3n) is 5.89. The fraction of sp³-hybridized carbons (Fsp3) is 0.636. The quantitative estimate of drug-likeness (QED) is 0.694. The summed E-state index contributed by atoms with van der Waals surface area (Å²) in [7, 11) is 0. The van der Waals surface area contributed by atoms with Crippen molar-refractivity contribution in [3.8, 4) is 0 Å². The Kier molecular flexibility index (Phi) is 7.29. The molecule has 2 heterocycles. The molecule has 0 spiro atoms. The molecule has 8 nitrogen and oxygen atoms in total. The fourth-order valence-corrected chi connectivity index (χ4v) is 4.35. The van der Waals surface area contributed by atoms with Gasteiger partial charge >= 0.3 is 0 Å². The standard InChI is InChI=1S/C22H34N6O2/c1-5-27-19(12-15(3)25-27)21(29)23-14-18(17-10-8-7-9-11-17)24-22(30)20-13-16(4)26-28(20)6-2/h12-13,17-18H,5-11,14H2,1-4H3,(H,23,29)(H,24,30). The highest BCUT2D eigenvalue weighted by Gasteiger charge is 2.27. The van der Waals surface area contributed by atoms with Crippen molar-refractivity contribution in [3.05, 3.63) is 34.9 Å². The van der Waals surface area contributed by atoms with Gasteiger partial charge in [0.15, 0.2) is 0 Å². The van der Waals surface area contributed by atoms with Crippen LogP contribution in [0, 0.1) is 19.8 Å². The molecule has 30 heavy (non-hydrogen) atoms. The van der Waals surface area contributed by atoms with Crippen LogP contribution in [0.25, 0.3) is 0 Å². The number of aryl methyl sites for hydroxylation is 4. The van der Waals surface area contributed by atoms with Crippen LogP contribution in [0.1, 0.15) is 78.3 Å². The molecule has 0 aromatic carbocycles. The van der Waals surface area contributed by atoms with E-state index in [1.807, 2.05) is 33.8 Å². The summed E-state index contributed by atoms with van der Waals surface area (Å²) in [6.45, 7) is 9.39. The molecule has 1 fully saturated rings. The lowest BCUT2D eigenvalue weighted by molar-refractivity contribution is 0.0871. The Labute approximate surface area is 178 Å². The van der Waals surface area contributed by atoms with Crippen LogP contribution < -0.4 is 10.6 Å². The van der Waals surface area contributed by atoms with Gasteiger partial charge in [-0.1, -0.05) is 19.3 Å². The fourth-order valence-electron chi connectivity index (χ4n) is 4.35. The SMILES string of the molecule is CCn1nc(C)cc1C(=O)NCC(NC(=O)c1cc(C)nn1CC)C1CCCCC1. The van der Waals surface area contributed by atoms with E-state index >= 15 is 0 Å². The molecule has 1 unspecified atom stereocenters. The van der Waals surface area contributed by atoms with Crippen LogP contribution in [0.4, 0.5) is 0 Å². The Morgan fingerprint density at radius 2 is 1.50 bits per heavy atom. The largest absolute Gasteiger partial charge is 0.349 e. The van der Waals surface area contributed by atoms with E-state index in [9.17, 15) is 9.59 Å². The monoisotopic (exact) mass is 414 g/mol. The van der Waals surface area contributed by atoms with Crippen LogP contribution in [0.15, 0.2) is 12.1 Å². The molecule has 2 aromatic heterocycles. The number of carbonyl (C=O) groups is 2. The van der Waals surface area contributed by atoms with Gasteiger partial charge in [-0.3, -0.25) is 19.0 Å². The summed E-state index contributed by atoms with van der Waals surface area (Å²) < 4.78 is 3.44. The van der Waals surface area contributed by atoms with E-state index in [0.717, 1.165) is 24.2 Å². The lowest BCUT2D eigenvalue weighted by atomic mass is 9.83. The average Bonchev–Trinajstić information content (AvgIpc) is 3.33. The first-order valence-electron chi connectivity index (χ1n) is 11.1. The van der Waals surface area contributed by atoms with E-state index in [1.165, 1.54) is 19.3 Å². The zero-order chi connectivity index (χ0) is 21.7. The number of amides is 2. The number of nitrogens with one attached hydrogen (secondary N) is 2. The van der Waals surface area contributed by atoms with Gasteiger partial charge in [0, 0.05) is 25.7 Å². The highest BCUT2D eigenvalue weighted by molar-refractivity contribution is 5.94. The Morgan fingerprint density at radius 3 is 2.03 bits per heavy atom. The van der Waals surface area contributed by atoms with Gasteiger partial charge in [0.2, 0.25) is 0 Å². The van der Waals surface area contributed by atoms with Crippen molar-refractivity contribution in [1.29, 1.82) is 0 Å². The molecule has 0 bridgehead atoms. The molecule has 1 aliphatic rings. The maximum Gasteiger partial charge on any atom is 0.269 e. The van der Waals surface area contributed by atoms with E-state index in [4.69, 9.17) is 0 Å². The van der Waals surface area contributed by atoms with Crippen LogP contribution in [0.5, 0.6) is 0 Å². The minimum Gasteiger partial charge on any atom is -0.349 e. The molecule has 2 amide bonds. The molecule has 8 heteroatoms. The molecule has 2 N–H and O–H groups in total. The number of nitrogens with zero attached hydrogens (tertiary/aromatic N) is 4. The summed E-state index contributed by atoms with van der Waals surface area (Å²) in [4.78, 5) is 25.8. The van der Waals surface area contributed by atoms with Gasteiger partial charge < -0.3 is 10.6 Å². The van der Waals surface area contributed by atoms with Gasteiger partial charge in [0.1, 0.15) is 11.4 Å². The minimum absolute atomic E-state index is 0.110. The van der Waals surface area contributed by atoms with Crippen molar-refractivity contribution >= 4 is 11.8 Å². The van der Waals surface area contributed by atoms with Crippen LogP contribution in [0.2, 0.25) is 0 Å². The Morgan fingerprint density at radius 1 is 0.967 bits per heavy atom. The van der Waals surface area contributed by atoms with Crippen LogP contribution in [0.3, 0.4) is 0 Å². The van der Waals surface area contributed by atoms with E-state index in [1.54, 1.807) is 15.4 Å². The van der Waals surface area contributed by atoms with Crippen molar-refractivity contribution < 1.29 is 9.59 Å². The predicted octanol–water partition coefficient (Wildman–Crippen LogP) is 2.84.